The van der Waals surface area contributed by atoms with Crippen LogP contribution in [-0.2, 0) is 13.0 Å². The Morgan fingerprint density at radius 1 is 1.28 bits per heavy atom. The van der Waals surface area contributed by atoms with Crippen molar-refractivity contribution >= 4 is 28.6 Å². The Morgan fingerprint density at radius 3 is 2.97 bits per heavy atom. The van der Waals surface area contributed by atoms with Crippen LogP contribution in [0.1, 0.15) is 15.9 Å². The van der Waals surface area contributed by atoms with Crippen LogP contribution >= 0.6 is 0 Å². The molecule has 0 fully saturated rings. The Kier molecular flexibility index (Phi) is 3.67. The zero-order valence-corrected chi connectivity index (χ0v) is 14.9. The first-order chi connectivity index (χ1) is 14.1. The molecule has 4 heterocycles. The highest BCUT2D eigenvalue weighted by Gasteiger charge is 2.17. The molecule has 0 unspecified atom stereocenters. The predicted octanol–water partition coefficient (Wildman–Crippen LogP) is 1.86. The minimum Gasteiger partial charge on any atom is -0.478 e. The molecule has 0 amide bonds. The number of benzene rings is 1. The molecule has 0 atom stereocenters. The Labute approximate surface area is 163 Å². The van der Waals surface area contributed by atoms with Crippen molar-refractivity contribution in [1.82, 2.24) is 29.4 Å². The van der Waals surface area contributed by atoms with Gasteiger partial charge in [0, 0.05) is 12.6 Å². The van der Waals surface area contributed by atoms with E-state index < -0.39 is 5.97 Å². The summed E-state index contributed by atoms with van der Waals surface area (Å²) in [6.07, 6.45) is 4.72. The third-order valence-electron chi connectivity index (χ3n) is 4.53. The van der Waals surface area contributed by atoms with Gasteiger partial charge in [0.05, 0.1) is 17.1 Å². The average molecular weight is 387 g/mol. The van der Waals surface area contributed by atoms with Gasteiger partial charge in [-0.05, 0) is 30.2 Å². The van der Waals surface area contributed by atoms with Crippen molar-refractivity contribution < 1.29 is 14.3 Å². The summed E-state index contributed by atoms with van der Waals surface area (Å²) in [5.74, 6) is -0.0170. The smallest absolute Gasteiger partial charge is 0.335 e. The largest absolute Gasteiger partial charge is 0.478 e. The molecule has 10 heteroatoms. The van der Waals surface area contributed by atoms with Gasteiger partial charge in [-0.3, -0.25) is 0 Å². The lowest BCUT2D eigenvalue weighted by Gasteiger charge is -2.05. The van der Waals surface area contributed by atoms with Crippen molar-refractivity contribution in [3.63, 3.8) is 0 Å². The number of hydrogen-bond acceptors (Lipinski definition) is 7. The molecule has 0 bridgehead atoms. The van der Waals surface area contributed by atoms with E-state index in [4.69, 9.17) is 15.3 Å². The fraction of sp³-hybridized carbons (Fsp3) is 0.105. The number of nitrogens with zero attached hydrogens (tertiary/aromatic N) is 6. The second kappa shape index (κ2) is 6.35. The molecule has 1 aromatic carbocycles. The SMILES string of the molecule is Nc1nc2c(cnn2CCc2cccc(C(=O)O)c2)c2nc(-c3cc#co3)nn12. The zero-order chi connectivity index (χ0) is 20.0. The van der Waals surface area contributed by atoms with E-state index in [9.17, 15) is 4.79 Å². The number of carboxylic acids is 1. The fourth-order valence-corrected chi connectivity index (χ4v) is 3.14. The summed E-state index contributed by atoms with van der Waals surface area (Å²) in [6, 6.07) is 11.1. The Morgan fingerprint density at radius 2 is 2.17 bits per heavy atom. The highest BCUT2D eigenvalue weighted by Crippen LogP contribution is 2.23. The summed E-state index contributed by atoms with van der Waals surface area (Å²) >= 11 is 0. The first kappa shape index (κ1) is 16.8. The van der Waals surface area contributed by atoms with Gasteiger partial charge < -0.3 is 15.3 Å². The van der Waals surface area contributed by atoms with Gasteiger partial charge in [0.2, 0.25) is 11.8 Å². The number of fused-ring (bicyclic) bond motifs is 3. The summed E-state index contributed by atoms with van der Waals surface area (Å²) in [5, 5.41) is 18.6. The van der Waals surface area contributed by atoms with Gasteiger partial charge in [-0.1, -0.05) is 12.1 Å². The van der Waals surface area contributed by atoms with Crippen LogP contribution in [0.5, 0.6) is 0 Å². The van der Waals surface area contributed by atoms with Gasteiger partial charge in [0.15, 0.2) is 17.1 Å². The molecular formula is C19H13N7O3. The van der Waals surface area contributed by atoms with E-state index in [1.54, 1.807) is 35.1 Å². The molecule has 0 aliphatic heterocycles. The molecule has 10 nitrogen and oxygen atoms in total. The van der Waals surface area contributed by atoms with Crippen molar-refractivity contribution in [1.29, 1.82) is 0 Å². The monoisotopic (exact) mass is 387 g/mol. The van der Waals surface area contributed by atoms with Gasteiger partial charge in [0.25, 0.3) is 0 Å². The van der Waals surface area contributed by atoms with Crippen molar-refractivity contribution in [3.8, 4) is 11.6 Å². The molecule has 0 saturated carbocycles. The molecule has 4 aromatic heterocycles. The minimum atomic E-state index is -0.956. The maximum absolute atomic E-state index is 11.1. The lowest BCUT2D eigenvalue weighted by molar-refractivity contribution is 0.0696. The minimum absolute atomic E-state index is 0.167. The Bertz CT molecular complexity index is 1350. The van der Waals surface area contributed by atoms with Crippen LogP contribution in [0.15, 0.2) is 40.9 Å². The van der Waals surface area contributed by atoms with E-state index >= 15 is 0 Å². The molecule has 5 aromatic rings. The van der Waals surface area contributed by atoms with Crippen LogP contribution in [-0.4, -0.2) is 40.4 Å². The quantitative estimate of drug-likeness (QED) is 0.466. The number of hydrogen-bond donors (Lipinski definition) is 2. The van der Waals surface area contributed by atoms with Crippen molar-refractivity contribution in [2.45, 2.75) is 13.0 Å². The summed E-state index contributed by atoms with van der Waals surface area (Å²) in [5.41, 5.74) is 8.29. The van der Waals surface area contributed by atoms with Crippen LogP contribution in [0, 0.1) is 12.3 Å². The van der Waals surface area contributed by atoms with Gasteiger partial charge in [-0.25, -0.2) is 14.5 Å². The van der Waals surface area contributed by atoms with Crippen LogP contribution in [0.2, 0.25) is 0 Å². The third kappa shape index (κ3) is 2.81. The molecule has 29 heavy (non-hydrogen) atoms. The van der Waals surface area contributed by atoms with Crippen molar-refractivity contribution in [2.24, 2.45) is 0 Å². The number of carbonyl (C=O) groups is 1. The second-order valence-electron chi connectivity index (χ2n) is 6.36. The second-order valence-corrected chi connectivity index (χ2v) is 6.36. The zero-order valence-electron chi connectivity index (χ0n) is 14.9. The lowest BCUT2D eigenvalue weighted by atomic mass is 10.1. The molecule has 0 saturated heterocycles. The standard InChI is InChI=1S/C19H13N7O3/c20-19-23-16-13(17-22-15(24-26(17)19)14-5-2-8-29-14)10-21-25(16)7-6-11-3-1-4-12(9-11)18(27)28/h1,3-5,9-10H,6-7H2,(H2,20,23)(H,27,28). The fourth-order valence-electron chi connectivity index (χ4n) is 3.14. The number of nitrogens with two attached hydrogens (primary N) is 1. The topological polar surface area (TPSA) is 137 Å². The number of rotatable bonds is 5. The van der Waals surface area contributed by atoms with Gasteiger partial charge in [-0.15, -0.1) is 5.10 Å². The van der Waals surface area contributed by atoms with E-state index in [1.165, 1.54) is 4.52 Å². The normalized spacial score (nSPS) is 11.2. The van der Waals surface area contributed by atoms with Crippen LogP contribution in [0.3, 0.4) is 0 Å². The molecular weight excluding hydrogens is 374 g/mol. The molecule has 5 rings (SSSR count). The first-order valence-electron chi connectivity index (χ1n) is 8.68. The highest BCUT2D eigenvalue weighted by atomic mass is 16.4. The van der Waals surface area contributed by atoms with E-state index in [0.717, 1.165) is 5.56 Å². The number of aromatic carboxylic acids is 1. The predicted molar refractivity (Wildman–Crippen MR) is 101 cm³/mol. The van der Waals surface area contributed by atoms with E-state index in [0.29, 0.717) is 41.2 Å². The molecule has 0 aliphatic carbocycles. The lowest BCUT2D eigenvalue weighted by Crippen LogP contribution is -2.08. The third-order valence-corrected chi connectivity index (χ3v) is 4.53. The van der Waals surface area contributed by atoms with Crippen LogP contribution in [0.4, 0.5) is 5.95 Å². The number of anilines is 1. The maximum Gasteiger partial charge on any atom is 0.335 e. The van der Waals surface area contributed by atoms with Crippen LogP contribution in [0.25, 0.3) is 28.3 Å². The highest BCUT2D eigenvalue weighted by molar-refractivity contribution is 5.90. The maximum atomic E-state index is 11.1. The van der Waals surface area contributed by atoms with Gasteiger partial charge in [0.1, 0.15) is 6.26 Å². The molecule has 142 valence electrons. The first-order valence-corrected chi connectivity index (χ1v) is 8.68. The number of carboxylic acid groups (broad SMARTS) is 1. The number of aromatic nitrogens is 6. The summed E-state index contributed by atoms with van der Waals surface area (Å²) in [6.45, 7) is 0.498. The molecule has 0 radical (unpaired) electrons. The van der Waals surface area contributed by atoms with E-state index in [2.05, 4.69) is 32.5 Å². The number of nitrogen functional groups attached to an aromatic ring is 1. The van der Waals surface area contributed by atoms with E-state index in [1.807, 2.05) is 6.07 Å². The molecule has 0 spiro atoms. The Balaban J connectivity index is 1.51. The summed E-state index contributed by atoms with van der Waals surface area (Å²) in [4.78, 5) is 20.0. The van der Waals surface area contributed by atoms with E-state index in [-0.39, 0.29) is 11.5 Å². The summed E-state index contributed by atoms with van der Waals surface area (Å²) in [7, 11) is 0. The molecule has 0 aliphatic rings. The van der Waals surface area contributed by atoms with Gasteiger partial charge in [-0.2, -0.15) is 14.6 Å². The average Bonchev–Trinajstić information content (AvgIpc) is 3.45. The van der Waals surface area contributed by atoms with Crippen molar-refractivity contribution in [3.05, 3.63) is 60.0 Å². The van der Waals surface area contributed by atoms with Crippen LogP contribution < -0.4 is 5.73 Å². The Hall–Kier alpha value is -4.39. The van der Waals surface area contributed by atoms with Crippen molar-refractivity contribution in [2.75, 3.05) is 5.73 Å². The number of aryl methyl sites for hydroxylation is 2. The van der Waals surface area contributed by atoms with Gasteiger partial charge >= 0.3 is 5.97 Å². The molecule has 3 N–H and O–H groups in total. The summed E-state index contributed by atoms with van der Waals surface area (Å²) < 4.78 is 8.32.